The van der Waals surface area contributed by atoms with Crippen molar-refractivity contribution < 1.29 is 24.2 Å². The lowest BCUT2D eigenvalue weighted by Gasteiger charge is -2.05. The minimum atomic E-state index is -1.19. The molecule has 0 atom stereocenters. The molecule has 0 aliphatic heterocycles. The largest absolute Gasteiger partial charge is 0.476 e. The summed E-state index contributed by atoms with van der Waals surface area (Å²) in [5.41, 5.74) is -0.152. The summed E-state index contributed by atoms with van der Waals surface area (Å²) in [6, 6.07) is 0. The molecule has 1 rings (SSSR count). The number of carboxylic acid groups (broad SMARTS) is 1. The Kier molecular flexibility index (Phi) is 6.41. The molecule has 0 unspecified atom stereocenters. The average Bonchev–Trinajstić information content (AvgIpc) is 2.42. The summed E-state index contributed by atoms with van der Waals surface area (Å²) in [5, 5.41) is 11.2. The van der Waals surface area contributed by atoms with Gasteiger partial charge in [-0.3, -0.25) is 4.79 Å². The number of nitrogens with one attached hydrogen (secondary N) is 1. The third kappa shape index (κ3) is 5.40. The van der Waals surface area contributed by atoms with Crippen LogP contribution in [0.3, 0.4) is 0 Å². The van der Waals surface area contributed by atoms with Crippen LogP contribution in [0.25, 0.3) is 0 Å². The maximum atomic E-state index is 11.6. The molecule has 0 aliphatic rings. The van der Waals surface area contributed by atoms with Gasteiger partial charge >= 0.3 is 5.97 Å². The van der Waals surface area contributed by atoms with Crippen LogP contribution in [-0.2, 0) is 9.47 Å². The molecule has 0 aliphatic carbocycles. The molecule has 0 spiro atoms. The van der Waals surface area contributed by atoms with Gasteiger partial charge in [0.25, 0.3) is 5.91 Å². The number of methoxy groups -OCH3 is 1. The van der Waals surface area contributed by atoms with Gasteiger partial charge in [-0.05, 0) is 0 Å². The molecular formula is C11H15N3O5. The Labute approximate surface area is 109 Å². The minimum absolute atomic E-state index is 0.0573. The molecule has 19 heavy (non-hydrogen) atoms. The number of aromatic nitrogens is 2. The number of ether oxygens (including phenoxy) is 2. The molecule has 1 aromatic rings. The van der Waals surface area contributed by atoms with E-state index in [0.29, 0.717) is 26.4 Å². The van der Waals surface area contributed by atoms with E-state index in [-0.39, 0.29) is 11.4 Å². The lowest BCUT2D eigenvalue weighted by atomic mass is 10.4. The summed E-state index contributed by atoms with van der Waals surface area (Å²) in [6.45, 7) is 1.64. The molecule has 1 amide bonds. The van der Waals surface area contributed by atoms with Gasteiger partial charge in [0.15, 0.2) is 5.69 Å². The summed E-state index contributed by atoms with van der Waals surface area (Å²) in [4.78, 5) is 29.4. The first-order valence-electron chi connectivity index (χ1n) is 5.55. The van der Waals surface area contributed by atoms with Crippen LogP contribution in [0.15, 0.2) is 12.4 Å². The molecule has 104 valence electrons. The van der Waals surface area contributed by atoms with Crippen LogP contribution >= 0.6 is 0 Å². The van der Waals surface area contributed by atoms with Gasteiger partial charge < -0.3 is 19.9 Å². The Balaban J connectivity index is 2.31. The van der Waals surface area contributed by atoms with Gasteiger partial charge in [0.1, 0.15) is 5.69 Å². The summed E-state index contributed by atoms with van der Waals surface area (Å²) in [7, 11) is 1.57. The van der Waals surface area contributed by atoms with Gasteiger partial charge in [0.05, 0.1) is 32.2 Å². The van der Waals surface area contributed by atoms with Crippen LogP contribution in [0, 0.1) is 0 Å². The minimum Gasteiger partial charge on any atom is -0.476 e. The fraction of sp³-hybridized carbons (Fsp3) is 0.455. The lowest BCUT2D eigenvalue weighted by Crippen LogP contribution is -2.28. The van der Waals surface area contributed by atoms with Crippen LogP contribution in [0.1, 0.15) is 21.0 Å². The summed E-state index contributed by atoms with van der Waals surface area (Å²) in [6.07, 6.45) is 2.15. The van der Waals surface area contributed by atoms with E-state index in [9.17, 15) is 9.59 Å². The Morgan fingerprint density at radius 3 is 2.47 bits per heavy atom. The van der Waals surface area contributed by atoms with Crippen molar-refractivity contribution in [3.63, 3.8) is 0 Å². The maximum absolute atomic E-state index is 11.6. The molecule has 1 aromatic heterocycles. The molecule has 0 aromatic carbocycles. The predicted molar refractivity (Wildman–Crippen MR) is 64.0 cm³/mol. The van der Waals surface area contributed by atoms with Crippen LogP contribution < -0.4 is 5.32 Å². The smallest absolute Gasteiger partial charge is 0.356 e. The molecule has 2 N–H and O–H groups in total. The number of rotatable bonds is 8. The topological polar surface area (TPSA) is 111 Å². The van der Waals surface area contributed by atoms with Gasteiger partial charge in [0, 0.05) is 13.7 Å². The highest BCUT2D eigenvalue weighted by molar-refractivity contribution is 5.92. The molecule has 0 fully saturated rings. The zero-order valence-corrected chi connectivity index (χ0v) is 10.5. The lowest BCUT2D eigenvalue weighted by molar-refractivity contribution is 0.0684. The standard InChI is InChI=1S/C11H15N3O5/c1-18-4-5-19-3-2-12-10(15)8-6-14-9(7-13-8)11(16)17/h6-7H,2-5H2,1H3,(H,12,15)(H,16,17). The number of carbonyl (C=O) groups is 2. The van der Waals surface area contributed by atoms with Crippen molar-refractivity contribution in [2.45, 2.75) is 0 Å². The molecule has 8 nitrogen and oxygen atoms in total. The fourth-order valence-corrected chi connectivity index (χ4v) is 1.13. The van der Waals surface area contributed by atoms with Gasteiger partial charge in [-0.25, -0.2) is 14.8 Å². The number of aromatic carboxylic acids is 1. The number of amides is 1. The third-order valence-corrected chi connectivity index (χ3v) is 2.07. The van der Waals surface area contributed by atoms with Gasteiger partial charge in [-0.15, -0.1) is 0 Å². The highest BCUT2D eigenvalue weighted by Gasteiger charge is 2.09. The highest BCUT2D eigenvalue weighted by atomic mass is 16.5. The third-order valence-electron chi connectivity index (χ3n) is 2.07. The number of hydrogen-bond donors (Lipinski definition) is 2. The van der Waals surface area contributed by atoms with E-state index in [4.69, 9.17) is 14.6 Å². The molecular weight excluding hydrogens is 254 g/mol. The quantitative estimate of drug-likeness (QED) is 0.616. The van der Waals surface area contributed by atoms with Crippen molar-refractivity contribution in [1.29, 1.82) is 0 Å². The van der Waals surface area contributed by atoms with Crippen molar-refractivity contribution >= 4 is 11.9 Å². The fourth-order valence-electron chi connectivity index (χ4n) is 1.13. The Morgan fingerprint density at radius 2 is 1.89 bits per heavy atom. The van der Waals surface area contributed by atoms with E-state index in [1.165, 1.54) is 0 Å². The first-order valence-corrected chi connectivity index (χ1v) is 5.55. The summed E-state index contributed by atoms with van der Waals surface area (Å²) < 4.78 is 9.95. The van der Waals surface area contributed by atoms with E-state index < -0.39 is 11.9 Å². The number of hydrogen-bond acceptors (Lipinski definition) is 6. The second kappa shape index (κ2) is 8.11. The number of nitrogens with zero attached hydrogens (tertiary/aromatic N) is 2. The molecule has 8 heteroatoms. The van der Waals surface area contributed by atoms with Gasteiger partial charge in [0.2, 0.25) is 0 Å². The SMILES string of the molecule is COCCOCCNC(=O)c1cnc(C(=O)O)cn1. The monoisotopic (exact) mass is 269 g/mol. The van der Waals surface area contributed by atoms with Crippen molar-refractivity contribution in [3.8, 4) is 0 Å². The van der Waals surface area contributed by atoms with E-state index in [1.807, 2.05) is 0 Å². The Bertz CT molecular complexity index is 421. The summed E-state index contributed by atoms with van der Waals surface area (Å²) in [5.74, 6) is -1.62. The molecule has 0 saturated heterocycles. The van der Waals surface area contributed by atoms with Crippen molar-refractivity contribution in [2.24, 2.45) is 0 Å². The number of carboxylic acids is 1. The first kappa shape index (κ1) is 15.0. The zero-order valence-electron chi connectivity index (χ0n) is 10.5. The second-order valence-electron chi connectivity index (χ2n) is 3.45. The van der Waals surface area contributed by atoms with Crippen molar-refractivity contribution in [3.05, 3.63) is 23.8 Å². The second-order valence-corrected chi connectivity index (χ2v) is 3.45. The van der Waals surface area contributed by atoms with E-state index in [1.54, 1.807) is 7.11 Å². The molecule has 0 bridgehead atoms. The summed E-state index contributed by atoms with van der Waals surface area (Å²) >= 11 is 0. The van der Waals surface area contributed by atoms with Gasteiger partial charge in [-0.1, -0.05) is 0 Å². The Morgan fingerprint density at radius 1 is 1.21 bits per heavy atom. The average molecular weight is 269 g/mol. The molecule has 1 heterocycles. The first-order chi connectivity index (χ1) is 9.15. The Hall–Kier alpha value is -2.06. The van der Waals surface area contributed by atoms with Crippen LogP contribution in [0.4, 0.5) is 0 Å². The zero-order chi connectivity index (χ0) is 14.1. The normalized spacial score (nSPS) is 10.2. The molecule has 0 saturated carbocycles. The van der Waals surface area contributed by atoms with Gasteiger partial charge in [-0.2, -0.15) is 0 Å². The van der Waals surface area contributed by atoms with Crippen molar-refractivity contribution in [2.75, 3.05) is 33.5 Å². The van der Waals surface area contributed by atoms with Crippen LogP contribution in [-0.4, -0.2) is 60.4 Å². The van der Waals surface area contributed by atoms with Crippen LogP contribution in [0.2, 0.25) is 0 Å². The van der Waals surface area contributed by atoms with E-state index >= 15 is 0 Å². The van der Waals surface area contributed by atoms with Crippen molar-refractivity contribution in [1.82, 2.24) is 15.3 Å². The van der Waals surface area contributed by atoms with Crippen LogP contribution in [0.5, 0.6) is 0 Å². The molecule has 0 radical (unpaired) electrons. The van der Waals surface area contributed by atoms with E-state index in [0.717, 1.165) is 12.4 Å². The number of carbonyl (C=O) groups excluding carboxylic acids is 1. The highest BCUT2D eigenvalue weighted by Crippen LogP contribution is 1.95. The van der Waals surface area contributed by atoms with E-state index in [2.05, 4.69) is 15.3 Å². The maximum Gasteiger partial charge on any atom is 0.356 e. The predicted octanol–water partition coefficient (Wildman–Crippen LogP) is -0.432.